The molecule has 2 heterocycles. The maximum Gasteiger partial charge on any atom is 0.227 e. The smallest absolute Gasteiger partial charge is 0.227 e. The van der Waals surface area contributed by atoms with E-state index in [1.807, 2.05) is 20.8 Å². The van der Waals surface area contributed by atoms with E-state index in [0.717, 1.165) is 26.9 Å². The van der Waals surface area contributed by atoms with Crippen LogP contribution in [0, 0.1) is 20.8 Å². The third kappa shape index (κ3) is 4.80. The zero-order valence-corrected chi connectivity index (χ0v) is 14.8. The second-order valence-electron chi connectivity index (χ2n) is 5.00. The Bertz CT molecular complexity index is 704. The van der Waals surface area contributed by atoms with Gasteiger partial charge < -0.3 is 15.6 Å². The Labute approximate surface area is 142 Å². The average Bonchev–Trinajstić information content (AvgIpc) is 2.97. The van der Waals surface area contributed by atoms with Gasteiger partial charge in [0, 0.05) is 12.0 Å². The molecule has 0 radical (unpaired) electrons. The first-order valence-corrected chi connectivity index (χ1v) is 8.77. The highest BCUT2D eigenvalue weighted by molar-refractivity contribution is 8.01. The molecule has 2 rings (SSSR count). The number of nitrogens with one attached hydrogen (secondary N) is 1. The molecule has 0 saturated heterocycles. The lowest BCUT2D eigenvalue weighted by Gasteiger charge is -2.01. The van der Waals surface area contributed by atoms with Crippen LogP contribution in [0.3, 0.4) is 0 Å². The number of primary amides is 1. The first-order valence-electron chi connectivity index (χ1n) is 6.97. The van der Waals surface area contributed by atoms with Crippen molar-refractivity contribution < 1.29 is 14.1 Å². The minimum Gasteiger partial charge on any atom is -0.369 e. The summed E-state index contributed by atoms with van der Waals surface area (Å²) in [6, 6.07) is 0. The molecule has 0 spiro atoms. The van der Waals surface area contributed by atoms with Gasteiger partial charge in [0.25, 0.3) is 0 Å². The van der Waals surface area contributed by atoms with Crippen molar-refractivity contribution in [1.29, 1.82) is 0 Å². The number of thiazole rings is 1. The highest BCUT2D eigenvalue weighted by atomic mass is 32.2. The van der Waals surface area contributed by atoms with Crippen molar-refractivity contribution >= 4 is 40.0 Å². The van der Waals surface area contributed by atoms with E-state index in [0.29, 0.717) is 18.0 Å². The number of nitrogens with zero attached hydrogens (tertiary/aromatic N) is 2. The molecule has 0 saturated carbocycles. The van der Waals surface area contributed by atoms with Gasteiger partial charge in [-0.1, -0.05) is 16.5 Å². The molecule has 0 bridgehead atoms. The van der Waals surface area contributed by atoms with E-state index >= 15 is 0 Å². The Kier molecular flexibility index (Phi) is 5.78. The number of thioether (sulfide) groups is 1. The summed E-state index contributed by atoms with van der Waals surface area (Å²) in [5.41, 5.74) is 7.69. The lowest BCUT2D eigenvalue weighted by molar-refractivity contribution is -0.116. The van der Waals surface area contributed by atoms with Gasteiger partial charge >= 0.3 is 0 Å². The Morgan fingerprint density at radius 2 is 2.04 bits per heavy atom. The number of anilines is 1. The number of rotatable bonds is 7. The van der Waals surface area contributed by atoms with E-state index in [1.54, 1.807) is 0 Å². The molecule has 2 amide bonds. The lowest BCUT2D eigenvalue weighted by atomic mass is 10.1. The zero-order chi connectivity index (χ0) is 17.0. The van der Waals surface area contributed by atoms with Gasteiger partial charge in [-0.15, -0.1) is 11.8 Å². The Balaban J connectivity index is 1.90. The number of aromatic nitrogens is 2. The number of nitrogens with two attached hydrogens (primary N) is 1. The summed E-state index contributed by atoms with van der Waals surface area (Å²) in [7, 11) is 0. The first kappa shape index (κ1) is 17.5. The highest BCUT2D eigenvalue weighted by Crippen LogP contribution is 2.31. The van der Waals surface area contributed by atoms with Crippen LogP contribution in [0.1, 0.15) is 29.1 Å². The number of hydrogen-bond donors (Lipinski definition) is 2. The van der Waals surface area contributed by atoms with Crippen molar-refractivity contribution in [3.05, 3.63) is 22.7 Å². The summed E-state index contributed by atoms with van der Waals surface area (Å²) in [4.78, 5) is 27.2. The molecule has 2 aromatic rings. The highest BCUT2D eigenvalue weighted by Gasteiger charge is 2.14. The van der Waals surface area contributed by atoms with E-state index in [9.17, 15) is 9.59 Å². The number of amides is 2. The molecule has 124 valence electrons. The topological polar surface area (TPSA) is 111 Å². The van der Waals surface area contributed by atoms with Crippen LogP contribution < -0.4 is 11.1 Å². The van der Waals surface area contributed by atoms with Crippen LogP contribution in [0.15, 0.2) is 8.73 Å². The second kappa shape index (κ2) is 7.60. The molecule has 0 aromatic carbocycles. The summed E-state index contributed by atoms with van der Waals surface area (Å²) in [6.45, 7) is 5.52. The SMILES string of the molecule is Cc1nc(NC(=O)CCc2c(C)noc2C)sc1SCC(N)=O. The fraction of sp³-hybridized carbons (Fsp3) is 0.429. The molecule has 3 N–H and O–H groups in total. The third-order valence-electron chi connectivity index (χ3n) is 3.13. The van der Waals surface area contributed by atoms with Crippen molar-refractivity contribution in [2.45, 2.75) is 37.8 Å². The van der Waals surface area contributed by atoms with Crippen molar-refractivity contribution in [3.8, 4) is 0 Å². The molecular weight excluding hydrogens is 336 g/mol. The Hall–Kier alpha value is -1.87. The van der Waals surface area contributed by atoms with Gasteiger partial charge in [-0.25, -0.2) is 4.98 Å². The fourth-order valence-electron chi connectivity index (χ4n) is 1.99. The maximum absolute atomic E-state index is 12.0. The van der Waals surface area contributed by atoms with E-state index in [1.165, 1.54) is 23.1 Å². The van der Waals surface area contributed by atoms with Gasteiger partial charge in [0.05, 0.1) is 21.3 Å². The summed E-state index contributed by atoms with van der Waals surface area (Å²) >= 11 is 2.67. The van der Waals surface area contributed by atoms with Gasteiger partial charge in [-0.2, -0.15) is 0 Å². The van der Waals surface area contributed by atoms with Crippen LogP contribution >= 0.6 is 23.1 Å². The van der Waals surface area contributed by atoms with Crippen molar-refractivity contribution in [1.82, 2.24) is 10.1 Å². The van der Waals surface area contributed by atoms with E-state index in [-0.39, 0.29) is 17.6 Å². The summed E-state index contributed by atoms with van der Waals surface area (Å²) in [5.74, 6) is 0.436. The molecule has 0 atom stereocenters. The number of hydrogen-bond acceptors (Lipinski definition) is 7. The predicted molar refractivity (Wildman–Crippen MR) is 89.7 cm³/mol. The van der Waals surface area contributed by atoms with Gasteiger partial charge in [-0.3, -0.25) is 9.59 Å². The van der Waals surface area contributed by atoms with Crippen molar-refractivity contribution in [2.75, 3.05) is 11.1 Å². The van der Waals surface area contributed by atoms with Gasteiger partial charge in [0.1, 0.15) is 5.76 Å². The molecule has 0 fully saturated rings. The normalized spacial score (nSPS) is 10.7. The third-order valence-corrected chi connectivity index (χ3v) is 5.59. The van der Waals surface area contributed by atoms with Gasteiger partial charge in [0.15, 0.2) is 5.13 Å². The Morgan fingerprint density at radius 1 is 1.30 bits per heavy atom. The lowest BCUT2D eigenvalue weighted by Crippen LogP contribution is -2.12. The largest absolute Gasteiger partial charge is 0.369 e. The van der Waals surface area contributed by atoms with Crippen LogP contribution in [0.5, 0.6) is 0 Å². The molecule has 2 aromatic heterocycles. The van der Waals surface area contributed by atoms with Crippen molar-refractivity contribution in [2.24, 2.45) is 5.73 Å². The van der Waals surface area contributed by atoms with Gasteiger partial charge in [0.2, 0.25) is 11.8 Å². The van der Waals surface area contributed by atoms with Crippen molar-refractivity contribution in [3.63, 3.8) is 0 Å². The zero-order valence-electron chi connectivity index (χ0n) is 13.1. The summed E-state index contributed by atoms with van der Waals surface area (Å²) in [5, 5.41) is 7.18. The molecule has 9 heteroatoms. The molecule has 0 aliphatic carbocycles. The van der Waals surface area contributed by atoms with Crippen LogP contribution in [0.4, 0.5) is 5.13 Å². The number of carbonyl (C=O) groups is 2. The molecule has 0 aliphatic rings. The molecular formula is C14H18N4O3S2. The standard InChI is InChI=1S/C14H18N4O3S2/c1-7-10(9(3)21-18-7)4-5-12(20)17-14-16-8(2)13(23-14)22-6-11(15)19/h4-6H2,1-3H3,(H2,15,19)(H,16,17,20). The van der Waals surface area contributed by atoms with Crippen LogP contribution in [-0.2, 0) is 16.0 Å². The molecule has 7 nitrogen and oxygen atoms in total. The summed E-state index contributed by atoms with van der Waals surface area (Å²) in [6.07, 6.45) is 0.895. The Morgan fingerprint density at radius 3 is 2.65 bits per heavy atom. The minimum atomic E-state index is -0.382. The maximum atomic E-state index is 12.0. The fourth-order valence-corrected chi connectivity index (χ4v) is 3.88. The number of carbonyl (C=O) groups excluding carboxylic acids is 2. The quantitative estimate of drug-likeness (QED) is 0.737. The molecule has 0 aliphatic heterocycles. The van der Waals surface area contributed by atoms with Crippen LogP contribution in [0.25, 0.3) is 0 Å². The monoisotopic (exact) mass is 354 g/mol. The van der Waals surface area contributed by atoms with E-state index in [4.69, 9.17) is 10.3 Å². The van der Waals surface area contributed by atoms with E-state index < -0.39 is 0 Å². The molecule has 0 unspecified atom stereocenters. The van der Waals surface area contributed by atoms with Gasteiger partial charge in [-0.05, 0) is 27.2 Å². The number of aryl methyl sites for hydroxylation is 3. The van der Waals surface area contributed by atoms with E-state index in [2.05, 4.69) is 15.5 Å². The van der Waals surface area contributed by atoms with Crippen LogP contribution in [-0.4, -0.2) is 27.7 Å². The predicted octanol–water partition coefficient (Wildman–Crippen LogP) is 2.21. The summed E-state index contributed by atoms with van der Waals surface area (Å²) < 4.78 is 5.96. The average molecular weight is 354 g/mol. The molecule has 23 heavy (non-hydrogen) atoms. The first-order chi connectivity index (χ1) is 10.9. The van der Waals surface area contributed by atoms with Crippen LogP contribution in [0.2, 0.25) is 0 Å². The minimum absolute atomic E-state index is 0.120. The second-order valence-corrected chi connectivity index (χ2v) is 7.24.